The van der Waals surface area contributed by atoms with Crippen LogP contribution in [-0.2, 0) is 9.59 Å². The van der Waals surface area contributed by atoms with Crippen molar-refractivity contribution in [1.82, 2.24) is 4.90 Å². The fourth-order valence-corrected chi connectivity index (χ4v) is 3.62. The van der Waals surface area contributed by atoms with Crippen molar-refractivity contribution < 1.29 is 9.59 Å². The summed E-state index contributed by atoms with van der Waals surface area (Å²) in [6, 6.07) is 8.15. The zero-order valence-corrected chi connectivity index (χ0v) is 14.7. The van der Waals surface area contributed by atoms with Crippen LogP contribution in [0.1, 0.15) is 65.0 Å². The van der Waals surface area contributed by atoms with Gasteiger partial charge in [-0.15, -0.1) is 0 Å². The van der Waals surface area contributed by atoms with Gasteiger partial charge in [0.1, 0.15) is 0 Å². The molecule has 2 amide bonds. The topological polar surface area (TPSA) is 40.6 Å². The number of fused-ring (bicyclic) bond motifs is 1. The van der Waals surface area contributed by atoms with Gasteiger partial charge in [0.2, 0.25) is 11.8 Å². The molecule has 2 rings (SSSR count). The van der Waals surface area contributed by atoms with Crippen molar-refractivity contribution in [1.29, 1.82) is 0 Å². The summed E-state index contributed by atoms with van der Waals surface area (Å²) in [6.45, 7) is 8.28. The highest BCUT2D eigenvalue weighted by Crippen LogP contribution is 2.40. The van der Waals surface area contributed by atoms with Crippen LogP contribution in [0.5, 0.6) is 0 Å². The first-order valence-electron chi connectivity index (χ1n) is 8.63. The summed E-state index contributed by atoms with van der Waals surface area (Å²) in [5.74, 6) is 0.174. The van der Waals surface area contributed by atoms with Gasteiger partial charge in [-0.25, -0.2) is 0 Å². The highest BCUT2D eigenvalue weighted by molar-refractivity contribution is 5.93. The molecule has 0 unspecified atom stereocenters. The van der Waals surface area contributed by atoms with Crippen molar-refractivity contribution in [3.05, 3.63) is 29.8 Å². The van der Waals surface area contributed by atoms with Crippen molar-refractivity contribution >= 4 is 17.5 Å². The van der Waals surface area contributed by atoms with Gasteiger partial charge >= 0.3 is 0 Å². The normalized spacial score (nSPS) is 20.1. The average Bonchev–Trinajstić information content (AvgIpc) is 2.50. The number of rotatable bonds is 5. The van der Waals surface area contributed by atoms with Crippen LogP contribution in [0.25, 0.3) is 0 Å². The Morgan fingerprint density at radius 3 is 2.52 bits per heavy atom. The van der Waals surface area contributed by atoms with Crippen LogP contribution in [-0.4, -0.2) is 29.3 Å². The molecule has 23 heavy (non-hydrogen) atoms. The molecule has 0 spiro atoms. The summed E-state index contributed by atoms with van der Waals surface area (Å²) in [5.41, 5.74) is 2.04. The van der Waals surface area contributed by atoms with Crippen molar-refractivity contribution in [3.63, 3.8) is 0 Å². The van der Waals surface area contributed by atoms with E-state index in [9.17, 15) is 9.59 Å². The molecule has 0 bridgehead atoms. The number of amides is 2. The molecule has 0 saturated heterocycles. The van der Waals surface area contributed by atoms with E-state index in [0.717, 1.165) is 43.5 Å². The Hall–Kier alpha value is -1.84. The van der Waals surface area contributed by atoms with E-state index in [2.05, 4.69) is 19.9 Å². The monoisotopic (exact) mass is 316 g/mol. The van der Waals surface area contributed by atoms with Gasteiger partial charge in [-0.05, 0) is 31.4 Å². The van der Waals surface area contributed by atoms with E-state index >= 15 is 0 Å². The second-order valence-corrected chi connectivity index (χ2v) is 6.47. The van der Waals surface area contributed by atoms with Gasteiger partial charge < -0.3 is 9.80 Å². The minimum absolute atomic E-state index is 0.0590. The first kappa shape index (κ1) is 17.5. The van der Waals surface area contributed by atoms with Gasteiger partial charge in [-0.3, -0.25) is 9.59 Å². The summed E-state index contributed by atoms with van der Waals surface area (Å²) in [6.07, 6.45) is 4.09. The van der Waals surface area contributed by atoms with Crippen molar-refractivity contribution in [2.24, 2.45) is 0 Å². The van der Waals surface area contributed by atoms with E-state index < -0.39 is 0 Å². The van der Waals surface area contributed by atoms with Crippen LogP contribution in [0.4, 0.5) is 5.69 Å². The lowest BCUT2D eigenvalue weighted by Crippen LogP contribution is -2.46. The zero-order chi connectivity index (χ0) is 17.0. The predicted molar refractivity (Wildman–Crippen MR) is 93.3 cm³/mol. The molecular weight excluding hydrogens is 288 g/mol. The van der Waals surface area contributed by atoms with Crippen molar-refractivity contribution in [2.75, 3.05) is 11.4 Å². The summed E-state index contributed by atoms with van der Waals surface area (Å²) >= 11 is 0. The molecule has 4 nitrogen and oxygen atoms in total. The first-order chi connectivity index (χ1) is 11.0. The Bertz CT molecular complexity index is 570. The average molecular weight is 316 g/mol. The van der Waals surface area contributed by atoms with E-state index in [1.54, 1.807) is 13.8 Å². The number of hydrogen-bond donors (Lipinski definition) is 0. The Morgan fingerprint density at radius 2 is 1.91 bits per heavy atom. The molecule has 4 heteroatoms. The smallest absolute Gasteiger partial charge is 0.224 e. The lowest BCUT2D eigenvalue weighted by atomic mass is 9.90. The number of para-hydroxylation sites is 1. The van der Waals surface area contributed by atoms with Crippen molar-refractivity contribution in [3.8, 4) is 0 Å². The highest BCUT2D eigenvalue weighted by atomic mass is 16.2. The molecular formula is C19H28N2O2. The van der Waals surface area contributed by atoms with E-state index in [1.807, 2.05) is 28.0 Å². The zero-order valence-electron chi connectivity index (χ0n) is 14.7. The van der Waals surface area contributed by atoms with Crippen LogP contribution >= 0.6 is 0 Å². The van der Waals surface area contributed by atoms with Gasteiger partial charge in [0.25, 0.3) is 0 Å². The second kappa shape index (κ2) is 7.62. The Kier molecular flexibility index (Phi) is 5.80. The van der Waals surface area contributed by atoms with E-state index in [-0.39, 0.29) is 23.9 Å². The SMILES string of the molecule is CCCCCN(C(C)=O)[C@H]1C[C@H](C)N(C(C)=O)c2ccccc21. The predicted octanol–water partition coefficient (Wildman–Crippen LogP) is 3.91. The molecule has 0 fully saturated rings. The van der Waals surface area contributed by atoms with Gasteiger partial charge in [0, 0.05) is 32.1 Å². The summed E-state index contributed by atoms with van der Waals surface area (Å²) in [5, 5.41) is 0. The molecule has 0 saturated carbocycles. The van der Waals surface area contributed by atoms with Crippen LogP contribution in [0.3, 0.4) is 0 Å². The lowest BCUT2D eigenvalue weighted by molar-refractivity contribution is -0.131. The van der Waals surface area contributed by atoms with Crippen LogP contribution in [0.2, 0.25) is 0 Å². The van der Waals surface area contributed by atoms with E-state index in [4.69, 9.17) is 0 Å². The molecule has 1 aromatic rings. The lowest BCUT2D eigenvalue weighted by Gasteiger charge is -2.43. The number of benzene rings is 1. The summed E-state index contributed by atoms with van der Waals surface area (Å²) < 4.78 is 0. The minimum atomic E-state index is 0.0590. The van der Waals surface area contributed by atoms with Gasteiger partial charge in [-0.2, -0.15) is 0 Å². The second-order valence-electron chi connectivity index (χ2n) is 6.47. The standard InChI is InChI=1S/C19H28N2O2/c1-5-6-9-12-20(15(3)22)19-13-14(2)21(16(4)23)18-11-8-7-10-17(18)19/h7-8,10-11,14,19H,5-6,9,12-13H2,1-4H3/t14-,19-/m0/s1. The van der Waals surface area contributed by atoms with E-state index in [1.165, 1.54) is 0 Å². The van der Waals surface area contributed by atoms with Gasteiger partial charge in [0.15, 0.2) is 0 Å². The third-order valence-electron chi connectivity index (χ3n) is 4.68. The molecule has 1 aromatic carbocycles. The Morgan fingerprint density at radius 1 is 1.22 bits per heavy atom. The molecule has 0 N–H and O–H groups in total. The first-order valence-corrected chi connectivity index (χ1v) is 8.63. The third-order valence-corrected chi connectivity index (χ3v) is 4.68. The Labute approximate surface area is 139 Å². The van der Waals surface area contributed by atoms with Crippen molar-refractivity contribution in [2.45, 2.75) is 65.5 Å². The highest BCUT2D eigenvalue weighted by Gasteiger charge is 2.35. The number of nitrogens with zero attached hydrogens (tertiary/aromatic N) is 2. The number of carbonyl (C=O) groups is 2. The molecule has 2 atom stereocenters. The van der Waals surface area contributed by atoms with Gasteiger partial charge in [-0.1, -0.05) is 38.0 Å². The quantitative estimate of drug-likeness (QED) is 0.773. The summed E-state index contributed by atoms with van der Waals surface area (Å²) in [7, 11) is 0. The maximum atomic E-state index is 12.2. The minimum Gasteiger partial charge on any atom is -0.336 e. The number of unbranched alkanes of at least 4 members (excludes halogenated alkanes) is 2. The molecule has 0 aliphatic carbocycles. The maximum absolute atomic E-state index is 12.2. The van der Waals surface area contributed by atoms with Gasteiger partial charge in [0.05, 0.1) is 6.04 Å². The summed E-state index contributed by atoms with van der Waals surface area (Å²) in [4.78, 5) is 28.1. The molecule has 1 heterocycles. The van der Waals surface area contributed by atoms with E-state index in [0.29, 0.717) is 0 Å². The number of hydrogen-bond acceptors (Lipinski definition) is 2. The molecule has 0 radical (unpaired) electrons. The molecule has 126 valence electrons. The maximum Gasteiger partial charge on any atom is 0.224 e. The fourth-order valence-electron chi connectivity index (χ4n) is 3.62. The number of anilines is 1. The van der Waals surface area contributed by atoms with Crippen LogP contribution in [0.15, 0.2) is 24.3 Å². The Balaban J connectivity index is 2.36. The molecule has 1 aliphatic rings. The third kappa shape index (κ3) is 3.74. The molecule has 1 aliphatic heterocycles. The fraction of sp³-hybridized carbons (Fsp3) is 0.579. The van der Waals surface area contributed by atoms with Crippen LogP contribution in [0, 0.1) is 0 Å². The van der Waals surface area contributed by atoms with Crippen LogP contribution < -0.4 is 4.90 Å². The largest absolute Gasteiger partial charge is 0.336 e. The number of carbonyl (C=O) groups excluding carboxylic acids is 2. The molecule has 0 aromatic heterocycles.